The van der Waals surface area contributed by atoms with Crippen molar-refractivity contribution in [1.82, 2.24) is 0 Å². The van der Waals surface area contributed by atoms with E-state index in [1.54, 1.807) is 0 Å². The van der Waals surface area contributed by atoms with Crippen LogP contribution in [-0.4, -0.2) is 17.7 Å². The standard InChI is InChI=1S/C5H12N2OS/c6-4(1-2-9)3-5(7)8/h4,9H,1-3,6H2,(H2,7,8). The fourth-order valence-electron chi connectivity index (χ4n) is 0.526. The molecule has 0 rings (SSSR count). The topological polar surface area (TPSA) is 69.1 Å². The van der Waals surface area contributed by atoms with E-state index in [2.05, 4.69) is 12.6 Å². The number of primary amides is 1. The van der Waals surface area contributed by atoms with E-state index in [4.69, 9.17) is 11.5 Å². The zero-order valence-corrected chi connectivity index (χ0v) is 6.10. The highest BCUT2D eigenvalue weighted by Gasteiger charge is 2.03. The highest BCUT2D eigenvalue weighted by molar-refractivity contribution is 7.80. The van der Waals surface area contributed by atoms with E-state index >= 15 is 0 Å². The second kappa shape index (κ2) is 4.64. The number of carbonyl (C=O) groups is 1. The predicted molar refractivity (Wildman–Crippen MR) is 40.3 cm³/mol. The zero-order chi connectivity index (χ0) is 7.28. The number of nitrogens with two attached hydrogens (primary N) is 2. The van der Waals surface area contributed by atoms with Crippen LogP contribution < -0.4 is 11.5 Å². The van der Waals surface area contributed by atoms with E-state index in [1.807, 2.05) is 0 Å². The Balaban J connectivity index is 3.26. The van der Waals surface area contributed by atoms with Gasteiger partial charge >= 0.3 is 0 Å². The SMILES string of the molecule is NC(=O)CC(N)CCS. The van der Waals surface area contributed by atoms with Gasteiger partial charge in [0.15, 0.2) is 0 Å². The summed E-state index contributed by atoms with van der Waals surface area (Å²) in [5.74, 6) is 0.360. The summed E-state index contributed by atoms with van der Waals surface area (Å²) >= 11 is 3.95. The third kappa shape index (κ3) is 5.65. The van der Waals surface area contributed by atoms with Gasteiger partial charge in [0, 0.05) is 12.5 Å². The van der Waals surface area contributed by atoms with Gasteiger partial charge in [-0.15, -0.1) is 0 Å². The summed E-state index contributed by atoms with van der Waals surface area (Å²) in [4.78, 5) is 10.2. The number of carbonyl (C=O) groups excluding carboxylic acids is 1. The Morgan fingerprint density at radius 2 is 2.22 bits per heavy atom. The van der Waals surface area contributed by atoms with Crippen molar-refractivity contribution >= 4 is 18.5 Å². The summed E-state index contributed by atoms with van der Waals surface area (Å²) < 4.78 is 0. The molecular weight excluding hydrogens is 136 g/mol. The molecule has 0 heterocycles. The summed E-state index contributed by atoms with van der Waals surface area (Å²) in [6, 6.07) is -0.111. The van der Waals surface area contributed by atoms with Gasteiger partial charge in [-0.2, -0.15) is 12.6 Å². The number of amides is 1. The fourth-order valence-corrected chi connectivity index (χ4v) is 0.858. The molecule has 0 aliphatic rings. The molecular formula is C5H12N2OS. The Morgan fingerprint density at radius 3 is 2.56 bits per heavy atom. The molecule has 0 aromatic rings. The molecule has 0 aromatic heterocycles. The lowest BCUT2D eigenvalue weighted by atomic mass is 10.2. The second-order valence-corrected chi connectivity index (χ2v) is 2.39. The van der Waals surface area contributed by atoms with Gasteiger partial charge in [-0.3, -0.25) is 4.79 Å². The maximum Gasteiger partial charge on any atom is 0.218 e. The Morgan fingerprint density at radius 1 is 1.67 bits per heavy atom. The van der Waals surface area contributed by atoms with Crippen molar-refractivity contribution in [3.8, 4) is 0 Å². The summed E-state index contributed by atoms with van der Waals surface area (Å²) in [7, 11) is 0. The van der Waals surface area contributed by atoms with E-state index < -0.39 is 0 Å². The lowest BCUT2D eigenvalue weighted by Gasteiger charge is -2.04. The van der Waals surface area contributed by atoms with Crippen LogP contribution in [0.2, 0.25) is 0 Å². The maximum atomic E-state index is 10.2. The summed E-state index contributed by atoms with van der Waals surface area (Å²) in [5, 5.41) is 0. The molecule has 0 aliphatic carbocycles. The van der Waals surface area contributed by atoms with Crippen LogP contribution in [0.1, 0.15) is 12.8 Å². The smallest absolute Gasteiger partial charge is 0.218 e. The fraction of sp³-hybridized carbons (Fsp3) is 0.800. The monoisotopic (exact) mass is 148 g/mol. The van der Waals surface area contributed by atoms with E-state index in [0.29, 0.717) is 5.75 Å². The van der Waals surface area contributed by atoms with Gasteiger partial charge in [-0.1, -0.05) is 0 Å². The van der Waals surface area contributed by atoms with Crippen LogP contribution in [0.3, 0.4) is 0 Å². The average Bonchev–Trinajstić information content (AvgIpc) is 1.63. The first-order valence-electron chi connectivity index (χ1n) is 2.81. The first-order chi connectivity index (χ1) is 4.16. The van der Waals surface area contributed by atoms with Crippen LogP contribution in [0.15, 0.2) is 0 Å². The molecule has 0 radical (unpaired) electrons. The summed E-state index contributed by atoms with van der Waals surface area (Å²) in [5.41, 5.74) is 10.3. The van der Waals surface area contributed by atoms with Crippen LogP contribution in [0.4, 0.5) is 0 Å². The summed E-state index contributed by atoms with van der Waals surface area (Å²) in [6.07, 6.45) is 1.01. The number of hydrogen-bond acceptors (Lipinski definition) is 3. The minimum atomic E-state index is -0.343. The van der Waals surface area contributed by atoms with Gasteiger partial charge < -0.3 is 11.5 Å². The van der Waals surface area contributed by atoms with Crippen LogP contribution in [0.5, 0.6) is 0 Å². The first kappa shape index (κ1) is 8.78. The molecule has 0 aromatic carbocycles. The quantitative estimate of drug-likeness (QED) is 0.471. The lowest BCUT2D eigenvalue weighted by Crippen LogP contribution is -2.27. The van der Waals surface area contributed by atoms with Crippen molar-refractivity contribution in [3.63, 3.8) is 0 Å². The minimum Gasteiger partial charge on any atom is -0.370 e. The molecule has 4 N–H and O–H groups in total. The third-order valence-corrected chi connectivity index (χ3v) is 1.22. The van der Waals surface area contributed by atoms with Crippen molar-refractivity contribution in [2.45, 2.75) is 18.9 Å². The molecule has 3 nitrogen and oxygen atoms in total. The molecule has 0 aliphatic heterocycles. The lowest BCUT2D eigenvalue weighted by molar-refractivity contribution is -0.118. The molecule has 1 atom stereocenters. The molecule has 0 saturated heterocycles. The van der Waals surface area contributed by atoms with Crippen molar-refractivity contribution in [3.05, 3.63) is 0 Å². The Bertz CT molecular complexity index is 97.0. The highest BCUT2D eigenvalue weighted by atomic mass is 32.1. The number of thiol groups is 1. The third-order valence-electron chi connectivity index (χ3n) is 0.963. The van der Waals surface area contributed by atoms with Crippen molar-refractivity contribution < 1.29 is 4.79 Å². The molecule has 1 amide bonds. The molecule has 0 saturated carbocycles. The second-order valence-electron chi connectivity index (χ2n) is 1.94. The van der Waals surface area contributed by atoms with Crippen molar-refractivity contribution in [2.24, 2.45) is 11.5 Å². The summed E-state index contributed by atoms with van der Waals surface area (Å²) in [6.45, 7) is 0. The van der Waals surface area contributed by atoms with Crippen molar-refractivity contribution in [2.75, 3.05) is 5.75 Å². The van der Waals surface area contributed by atoms with Crippen LogP contribution in [-0.2, 0) is 4.79 Å². The first-order valence-corrected chi connectivity index (χ1v) is 3.44. The van der Waals surface area contributed by atoms with Crippen molar-refractivity contribution in [1.29, 1.82) is 0 Å². The molecule has 0 fully saturated rings. The number of rotatable bonds is 4. The van der Waals surface area contributed by atoms with Crippen LogP contribution >= 0.6 is 12.6 Å². The van der Waals surface area contributed by atoms with Gasteiger partial charge in [0.2, 0.25) is 5.91 Å². The minimum absolute atomic E-state index is 0.111. The Labute approximate surface area is 60.2 Å². The largest absolute Gasteiger partial charge is 0.370 e. The predicted octanol–water partition coefficient (Wildman–Crippen LogP) is -0.491. The van der Waals surface area contributed by atoms with Crippen LogP contribution in [0.25, 0.3) is 0 Å². The zero-order valence-electron chi connectivity index (χ0n) is 5.21. The van der Waals surface area contributed by atoms with Gasteiger partial charge in [0.1, 0.15) is 0 Å². The molecule has 9 heavy (non-hydrogen) atoms. The molecule has 4 heteroatoms. The maximum absolute atomic E-state index is 10.2. The molecule has 0 spiro atoms. The molecule has 1 unspecified atom stereocenters. The Hall–Kier alpha value is -0.220. The van der Waals surface area contributed by atoms with Gasteiger partial charge in [0.25, 0.3) is 0 Å². The highest BCUT2D eigenvalue weighted by Crippen LogP contribution is 1.94. The van der Waals surface area contributed by atoms with E-state index in [0.717, 1.165) is 6.42 Å². The normalized spacial score (nSPS) is 13.1. The average molecular weight is 148 g/mol. The molecule has 54 valence electrons. The van der Waals surface area contributed by atoms with E-state index in [-0.39, 0.29) is 18.4 Å². The van der Waals surface area contributed by atoms with Gasteiger partial charge in [-0.05, 0) is 12.2 Å². The number of hydrogen-bond donors (Lipinski definition) is 3. The Kier molecular flexibility index (Phi) is 4.53. The van der Waals surface area contributed by atoms with E-state index in [9.17, 15) is 4.79 Å². The van der Waals surface area contributed by atoms with Crippen LogP contribution in [0, 0.1) is 0 Å². The van der Waals surface area contributed by atoms with Gasteiger partial charge in [-0.25, -0.2) is 0 Å². The van der Waals surface area contributed by atoms with Gasteiger partial charge in [0.05, 0.1) is 0 Å². The molecule has 0 bridgehead atoms. The van der Waals surface area contributed by atoms with E-state index in [1.165, 1.54) is 0 Å².